The zero-order chi connectivity index (χ0) is 39.0. The van der Waals surface area contributed by atoms with E-state index in [1.54, 1.807) is 0 Å². The summed E-state index contributed by atoms with van der Waals surface area (Å²) in [4.78, 5) is 10.0. The predicted molar refractivity (Wildman–Crippen MR) is 252 cm³/mol. The Morgan fingerprint density at radius 2 is 0.517 bits per heavy atom. The van der Waals surface area contributed by atoms with Gasteiger partial charge in [-0.05, 0) is 120 Å². The van der Waals surface area contributed by atoms with Gasteiger partial charge in [0.2, 0.25) is 0 Å². The highest BCUT2D eigenvalue weighted by Crippen LogP contribution is 2.43. The summed E-state index contributed by atoms with van der Waals surface area (Å²) >= 11 is 3.74. The molecular weight excluding hydrogens is 741 g/mol. The summed E-state index contributed by atoms with van der Waals surface area (Å²) in [5.74, 6) is 0. The van der Waals surface area contributed by atoms with Gasteiger partial charge in [0.15, 0.2) is 0 Å². The molecule has 4 heteroatoms. The molecule has 0 N–H and O–H groups in total. The van der Waals surface area contributed by atoms with Crippen LogP contribution in [0.3, 0.4) is 0 Å². The summed E-state index contributed by atoms with van der Waals surface area (Å²) in [6.07, 6.45) is 0. The molecule has 2 heterocycles. The number of para-hydroxylation sites is 2. The lowest BCUT2D eigenvalue weighted by molar-refractivity contribution is 1.28. The van der Waals surface area contributed by atoms with Gasteiger partial charge in [0.25, 0.3) is 0 Å². The number of aryl methyl sites for hydroxylation is 2. The van der Waals surface area contributed by atoms with Gasteiger partial charge in [0.1, 0.15) is 0 Å². The Kier molecular flexibility index (Phi) is 9.42. The minimum absolute atomic E-state index is 1.11. The number of hydrogen-bond acceptors (Lipinski definition) is 4. The first-order valence-electron chi connectivity index (χ1n) is 19.7. The van der Waals surface area contributed by atoms with E-state index in [4.69, 9.17) is 0 Å². The summed E-state index contributed by atoms with van der Waals surface area (Å²) < 4.78 is 0. The molecule has 0 fully saturated rings. The van der Waals surface area contributed by atoms with Crippen LogP contribution in [-0.4, -0.2) is 0 Å². The van der Waals surface area contributed by atoms with Crippen LogP contribution in [0.2, 0.25) is 0 Å². The third-order valence-corrected chi connectivity index (χ3v) is 13.4. The second-order valence-corrected chi connectivity index (χ2v) is 17.0. The van der Waals surface area contributed by atoms with Gasteiger partial charge in [-0.25, -0.2) is 0 Å². The van der Waals surface area contributed by atoms with Crippen molar-refractivity contribution in [3.63, 3.8) is 0 Å². The summed E-state index contributed by atoms with van der Waals surface area (Å²) in [5, 5.41) is 5.32. The van der Waals surface area contributed by atoms with Crippen molar-refractivity contribution in [2.45, 2.75) is 13.8 Å². The first kappa shape index (κ1) is 35.7. The average molecular weight is 781 g/mol. The van der Waals surface area contributed by atoms with E-state index in [0.29, 0.717) is 0 Å². The normalized spacial score (nSPS) is 11.3. The standard InChI is InChI=1S/C54H40N2S2/c1-37-49-17-9-11-19-51(49)53(57-37)41-25-33-47(34-26-41)55(43-13-5-3-6-14-43)45-29-21-39(22-30-45)40-23-31-46(32-24-40)56(44-15-7-4-8-16-44)48-35-27-42(28-36-48)54-52-20-12-10-18-50(52)38(2)58-54/h3-36H,1-2H3. The fraction of sp³-hybridized carbons (Fsp3) is 0.0370. The number of hydrogen-bond donors (Lipinski definition) is 0. The van der Waals surface area contributed by atoms with Gasteiger partial charge in [0.05, 0.1) is 0 Å². The maximum absolute atomic E-state index is 2.33. The lowest BCUT2D eigenvalue weighted by Crippen LogP contribution is -2.10. The molecule has 2 nitrogen and oxygen atoms in total. The van der Waals surface area contributed by atoms with Crippen LogP contribution in [0.5, 0.6) is 0 Å². The fourth-order valence-electron chi connectivity index (χ4n) is 8.11. The number of fused-ring (bicyclic) bond motifs is 2. The maximum atomic E-state index is 2.33. The quantitative estimate of drug-likeness (QED) is 0.144. The molecule has 10 rings (SSSR count). The molecule has 0 saturated heterocycles. The van der Waals surface area contributed by atoms with Crippen LogP contribution >= 0.6 is 22.7 Å². The molecule has 2 aromatic heterocycles. The molecule has 0 amide bonds. The van der Waals surface area contributed by atoms with Crippen molar-refractivity contribution in [1.29, 1.82) is 0 Å². The van der Waals surface area contributed by atoms with Crippen LogP contribution in [0.25, 0.3) is 53.6 Å². The minimum atomic E-state index is 1.11. The topological polar surface area (TPSA) is 6.48 Å². The van der Waals surface area contributed by atoms with Crippen LogP contribution < -0.4 is 9.80 Å². The molecule has 0 saturated carbocycles. The summed E-state index contributed by atoms with van der Waals surface area (Å²) in [7, 11) is 0. The highest BCUT2D eigenvalue weighted by Gasteiger charge is 2.17. The molecular formula is C54H40N2S2. The molecule has 0 aliphatic rings. The van der Waals surface area contributed by atoms with Gasteiger partial charge in [-0.1, -0.05) is 133 Å². The van der Waals surface area contributed by atoms with Crippen molar-refractivity contribution in [3.8, 4) is 32.0 Å². The van der Waals surface area contributed by atoms with Crippen molar-refractivity contribution >= 4 is 78.3 Å². The average Bonchev–Trinajstić information content (AvgIpc) is 3.81. The van der Waals surface area contributed by atoms with Gasteiger partial charge >= 0.3 is 0 Å². The Morgan fingerprint density at radius 1 is 0.259 bits per heavy atom. The number of nitrogens with zero attached hydrogens (tertiary/aromatic N) is 2. The number of thiophene rings is 2. The van der Waals surface area contributed by atoms with Crippen molar-refractivity contribution in [2.75, 3.05) is 9.80 Å². The van der Waals surface area contributed by atoms with E-state index in [1.807, 2.05) is 22.7 Å². The largest absolute Gasteiger partial charge is 0.311 e. The predicted octanol–water partition coefficient (Wildman–Crippen LogP) is 16.7. The van der Waals surface area contributed by atoms with Crippen LogP contribution in [0.1, 0.15) is 9.75 Å². The monoisotopic (exact) mass is 780 g/mol. The molecule has 0 atom stereocenters. The van der Waals surface area contributed by atoms with Crippen molar-refractivity contribution in [2.24, 2.45) is 0 Å². The lowest BCUT2D eigenvalue weighted by Gasteiger charge is -2.26. The molecule has 0 bridgehead atoms. The summed E-state index contributed by atoms with van der Waals surface area (Å²) in [6.45, 7) is 4.43. The van der Waals surface area contributed by atoms with Gasteiger partial charge in [-0.3, -0.25) is 0 Å². The Hall–Kier alpha value is -6.72. The van der Waals surface area contributed by atoms with E-state index in [9.17, 15) is 0 Å². The van der Waals surface area contributed by atoms with E-state index in [0.717, 1.165) is 34.1 Å². The van der Waals surface area contributed by atoms with E-state index >= 15 is 0 Å². The van der Waals surface area contributed by atoms with E-state index in [-0.39, 0.29) is 0 Å². The molecule has 0 aliphatic heterocycles. The molecule has 58 heavy (non-hydrogen) atoms. The zero-order valence-electron chi connectivity index (χ0n) is 32.3. The fourth-order valence-corrected chi connectivity index (χ4v) is 10.4. The van der Waals surface area contributed by atoms with E-state index in [2.05, 4.69) is 230 Å². The van der Waals surface area contributed by atoms with Gasteiger partial charge < -0.3 is 9.80 Å². The summed E-state index contributed by atoms with van der Waals surface area (Å²) in [5.41, 5.74) is 11.6. The maximum Gasteiger partial charge on any atom is 0.0462 e. The van der Waals surface area contributed by atoms with Crippen LogP contribution in [0.15, 0.2) is 206 Å². The van der Waals surface area contributed by atoms with Crippen LogP contribution in [0, 0.1) is 13.8 Å². The third-order valence-electron chi connectivity index (χ3n) is 11.0. The lowest BCUT2D eigenvalue weighted by atomic mass is 10.0. The molecule has 0 spiro atoms. The van der Waals surface area contributed by atoms with E-state index < -0.39 is 0 Å². The molecule has 278 valence electrons. The van der Waals surface area contributed by atoms with Gasteiger partial charge in [-0.2, -0.15) is 0 Å². The van der Waals surface area contributed by atoms with Gasteiger partial charge in [0, 0.05) is 64.4 Å². The Balaban J connectivity index is 0.937. The highest BCUT2D eigenvalue weighted by atomic mass is 32.1. The molecule has 0 radical (unpaired) electrons. The molecule has 0 unspecified atom stereocenters. The second-order valence-electron chi connectivity index (χ2n) is 14.6. The smallest absolute Gasteiger partial charge is 0.0462 e. The minimum Gasteiger partial charge on any atom is -0.311 e. The van der Waals surface area contributed by atoms with Crippen molar-refractivity contribution in [3.05, 3.63) is 216 Å². The SMILES string of the molecule is Cc1sc(-c2ccc(N(c3ccccc3)c3ccc(-c4ccc(N(c5ccccc5)c5ccc(-c6sc(C)c7ccccc67)cc5)cc4)cc3)cc2)c2ccccc12. The van der Waals surface area contributed by atoms with Crippen molar-refractivity contribution in [1.82, 2.24) is 0 Å². The van der Waals surface area contributed by atoms with Crippen LogP contribution in [-0.2, 0) is 0 Å². The summed E-state index contributed by atoms with van der Waals surface area (Å²) in [6, 6.07) is 74.6. The van der Waals surface area contributed by atoms with E-state index in [1.165, 1.54) is 63.3 Å². The Labute approximate surface area is 348 Å². The molecule has 8 aromatic carbocycles. The Bertz CT molecular complexity index is 2770. The Morgan fingerprint density at radius 3 is 0.845 bits per heavy atom. The molecule has 10 aromatic rings. The zero-order valence-corrected chi connectivity index (χ0v) is 34.0. The van der Waals surface area contributed by atoms with Gasteiger partial charge in [-0.15, -0.1) is 22.7 Å². The van der Waals surface area contributed by atoms with Crippen molar-refractivity contribution < 1.29 is 0 Å². The first-order chi connectivity index (χ1) is 28.6. The van der Waals surface area contributed by atoms with Crippen LogP contribution in [0.4, 0.5) is 34.1 Å². The third kappa shape index (κ3) is 6.67. The number of benzene rings is 8. The molecule has 0 aliphatic carbocycles. The number of anilines is 6. The highest BCUT2D eigenvalue weighted by molar-refractivity contribution is 7.17. The number of rotatable bonds is 9. The second kappa shape index (κ2) is 15.3. The first-order valence-corrected chi connectivity index (χ1v) is 21.3.